The number of alkyl carbamates (subject to hydrolysis) is 1. The summed E-state index contributed by atoms with van der Waals surface area (Å²) in [5.41, 5.74) is 4.37. The number of piperidine rings is 1. The van der Waals surface area contributed by atoms with E-state index in [-0.39, 0.29) is 25.6 Å². The van der Waals surface area contributed by atoms with Crippen LogP contribution in [-0.2, 0) is 14.3 Å². The molecule has 0 bridgehead atoms. The highest BCUT2D eigenvalue weighted by Gasteiger charge is 2.49. The summed E-state index contributed by atoms with van der Waals surface area (Å²) in [6.07, 6.45) is -1.44. The van der Waals surface area contributed by atoms with Crippen molar-refractivity contribution >= 4 is 18.0 Å². The van der Waals surface area contributed by atoms with Crippen LogP contribution in [0.15, 0.2) is 48.5 Å². The number of ether oxygens (including phenoxy) is 1. The Kier molecular flexibility index (Phi) is 6.50. The monoisotopic (exact) mass is 468 g/mol. The Bertz CT molecular complexity index is 1140. The van der Waals surface area contributed by atoms with Crippen molar-refractivity contribution < 1.29 is 33.0 Å². The number of amides is 2. The number of carboxylic acid groups (broad SMARTS) is 1. The quantitative estimate of drug-likeness (QED) is 0.673. The number of nitrogens with zero attached hydrogens (tertiary/aromatic N) is 1. The van der Waals surface area contributed by atoms with Gasteiger partial charge >= 0.3 is 12.1 Å². The van der Waals surface area contributed by atoms with Gasteiger partial charge in [0.1, 0.15) is 12.5 Å². The molecule has 2 aromatic rings. The minimum absolute atomic E-state index is 0.0924. The number of hydrogen-bond acceptors (Lipinski definition) is 4. The molecule has 2 amide bonds. The Labute approximate surface area is 194 Å². The standard InChI is InChI=1S/C25H22F2N2O5/c26-25(27)11-13-29(14-21(25)23(31)32)22(30)10-5-12-28-24(33)34-15-20-18-8-3-1-6-16(18)17-7-2-4-9-19(17)20/h1-4,6-9,20-21H,11-15H2,(H,28,33)(H,31,32). The van der Waals surface area contributed by atoms with Crippen molar-refractivity contribution in [3.63, 3.8) is 0 Å². The summed E-state index contributed by atoms with van der Waals surface area (Å²) >= 11 is 0. The Morgan fingerprint density at radius 3 is 2.32 bits per heavy atom. The van der Waals surface area contributed by atoms with Crippen molar-refractivity contribution in [3.05, 3.63) is 59.7 Å². The van der Waals surface area contributed by atoms with Crippen LogP contribution < -0.4 is 5.32 Å². The molecule has 0 aromatic heterocycles. The number of benzene rings is 2. The van der Waals surface area contributed by atoms with Crippen LogP contribution in [0.3, 0.4) is 0 Å². The second kappa shape index (κ2) is 9.51. The molecule has 1 unspecified atom stereocenters. The van der Waals surface area contributed by atoms with Crippen LogP contribution >= 0.6 is 0 Å². The van der Waals surface area contributed by atoms with Gasteiger partial charge in [0.2, 0.25) is 0 Å². The Morgan fingerprint density at radius 1 is 1.09 bits per heavy atom. The van der Waals surface area contributed by atoms with E-state index in [2.05, 4.69) is 17.2 Å². The molecule has 1 aliphatic carbocycles. The lowest BCUT2D eigenvalue weighted by Gasteiger charge is -2.35. The average molecular weight is 468 g/mol. The lowest BCUT2D eigenvalue weighted by molar-refractivity contribution is -0.168. The molecular weight excluding hydrogens is 446 g/mol. The summed E-state index contributed by atoms with van der Waals surface area (Å²) in [6, 6.07) is 15.9. The third-order valence-corrected chi connectivity index (χ3v) is 6.07. The van der Waals surface area contributed by atoms with Gasteiger partial charge in [-0.15, -0.1) is 0 Å². The maximum Gasteiger partial charge on any atom is 0.407 e. The molecule has 2 aromatic carbocycles. The van der Waals surface area contributed by atoms with Gasteiger partial charge in [0.25, 0.3) is 11.8 Å². The van der Waals surface area contributed by atoms with Crippen LogP contribution in [0.25, 0.3) is 11.1 Å². The Balaban J connectivity index is 1.28. The zero-order valence-corrected chi connectivity index (χ0v) is 18.1. The van der Waals surface area contributed by atoms with Gasteiger partial charge in [-0.1, -0.05) is 54.5 Å². The fourth-order valence-electron chi connectivity index (χ4n) is 4.31. The minimum atomic E-state index is -3.37. The number of alkyl halides is 2. The van der Waals surface area contributed by atoms with Gasteiger partial charge in [-0.2, -0.15) is 0 Å². The van der Waals surface area contributed by atoms with Crippen molar-refractivity contribution in [2.45, 2.75) is 18.3 Å². The van der Waals surface area contributed by atoms with Crippen LogP contribution in [0.5, 0.6) is 0 Å². The number of halogens is 2. The predicted molar refractivity (Wildman–Crippen MR) is 118 cm³/mol. The molecule has 9 heteroatoms. The van der Waals surface area contributed by atoms with Gasteiger partial charge in [0.05, 0.1) is 6.54 Å². The molecule has 1 saturated heterocycles. The number of aliphatic carboxylic acids is 1. The molecule has 1 fully saturated rings. The smallest absolute Gasteiger partial charge is 0.407 e. The van der Waals surface area contributed by atoms with Gasteiger partial charge in [-0.05, 0) is 28.2 Å². The van der Waals surface area contributed by atoms with Crippen molar-refractivity contribution in [1.29, 1.82) is 0 Å². The molecule has 7 nitrogen and oxygen atoms in total. The molecular formula is C25H22F2N2O5. The Morgan fingerprint density at radius 2 is 1.71 bits per heavy atom. The summed E-state index contributed by atoms with van der Waals surface area (Å²) in [5.74, 6) is -3.16. The second-order valence-corrected chi connectivity index (χ2v) is 8.13. The lowest BCUT2D eigenvalue weighted by atomic mass is 9.93. The number of carbonyl (C=O) groups is 3. The third kappa shape index (κ3) is 4.71. The topological polar surface area (TPSA) is 95.9 Å². The van der Waals surface area contributed by atoms with Crippen LogP contribution in [0.1, 0.15) is 23.5 Å². The van der Waals surface area contributed by atoms with Crippen LogP contribution in [-0.4, -0.2) is 60.1 Å². The zero-order chi connectivity index (χ0) is 24.3. The van der Waals surface area contributed by atoms with E-state index in [0.717, 1.165) is 27.2 Å². The van der Waals surface area contributed by atoms with Crippen molar-refractivity contribution in [2.75, 3.05) is 26.2 Å². The van der Waals surface area contributed by atoms with Gasteiger partial charge in [-0.3, -0.25) is 9.59 Å². The van der Waals surface area contributed by atoms with Gasteiger partial charge in [0, 0.05) is 25.4 Å². The lowest BCUT2D eigenvalue weighted by Crippen LogP contribution is -2.51. The predicted octanol–water partition coefficient (Wildman–Crippen LogP) is 3.10. The van der Waals surface area contributed by atoms with Gasteiger partial charge in [0.15, 0.2) is 0 Å². The number of hydrogen-bond donors (Lipinski definition) is 2. The molecule has 2 aliphatic rings. The summed E-state index contributed by atoms with van der Waals surface area (Å²) in [6.45, 7) is -0.959. The number of fused-ring (bicyclic) bond motifs is 3. The maximum absolute atomic E-state index is 13.7. The third-order valence-electron chi connectivity index (χ3n) is 6.07. The van der Waals surface area contributed by atoms with E-state index in [1.165, 1.54) is 0 Å². The molecule has 0 spiro atoms. The first-order valence-corrected chi connectivity index (χ1v) is 10.7. The number of likely N-dealkylation sites (tertiary alicyclic amines) is 1. The second-order valence-electron chi connectivity index (χ2n) is 8.13. The summed E-state index contributed by atoms with van der Waals surface area (Å²) in [7, 11) is 0. The molecule has 1 heterocycles. The fourth-order valence-corrected chi connectivity index (χ4v) is 4.31. The van der Waals surface area contributed by atoms with E-state index in [0.29, 0.717) is 0 Å². The fraction of sp³-hybridized carbons (Fsp3) is 0.320. The number of carboxylic acids is 1. The zero-order valence-electron chi connectivity index (χ0n) is 18.1. The summed E-state index contributed by atoms with van der Waals surface area (Å²) < 4.78 is 32.7. The van der Waals surface area contributed by atoms with E-state index < -0.39 is 42.8 Å². The first-order chi connectivity index (χ1) is 16.3. The van der Waals surface area contributed by atoms with E-state index >= 15 is 0 Å². The van der Waals surface area contributed by atoms with E-state index in [1.807, 2.05) is 48.5 Å². The van der Waals surface area contributed by atoms with Crippen LogP contribution in [0, 0.1) is 17.8 Å². The molecule has 0 radical (unpaired) electrons. The molecule has 2 N–H and O–H groups in total. The van der Waals surface area contributed by atoms with Crippen molar-refractivity contribution in [2.24, 2.45) is 5.92 Å². The van der Waals surface area contributed by atoms with Gasteiger partial charge < -0.3 is 20.1 Å². The normalized spacial score (nSPS) is 18.2. The van der Waals surface area contributed by atoms with Crippen LogP contribution in [0.2, 0.25) is 0 Å². The molecule has 34 heavy (non-hydrogen) atoms. The Hall–Kier alpha value is -3.93. The number of rotatable bonds is 4. The first kappa shape index (κ1) is 23.2. The molecule has 0 saturated carbocycles. The number of nitrogens with one attached hydrogen (secondary N) is 1. The molecule has 4 rings (SSSR count). The van der Waals surface area contributed by atoms with Crippen molar-refractivity contribution in [1.82, 2.24) is 10.2 Å². The van der Waals surface area contributed by atoms with E-state index in [4.69, 9.17) is 9.84 Å². The maximum atomic E-state index is 13.7. The number of carbonyl (C=O) groups excluding carboxylic acids is 2. The summed E-state index contributed by atoms with van der Waals surface area (Å²) in [4.78, 5) is 36.3. The van der Waals surface area contributed by atoms with Gasteiger partial charge in [-0.25, -0.2) is 13.6 Å². The molecule has 1 atom stereocenters. The van der Waals surface area contributed by atoms with E-state index in [1.54, 1.807) is 0 Å². The largest absolute Gasteiger partial charge is 0.481 e. The molecule has 1 aliphatic heterocycles. The highest BCUT2D eigenvalue weighted by Crippen LogP contribution is 2.44. The summed E-state index contributed by atoms with van der Waals surface area (Å²) in [5, 5.41) is 11.4. The SMILES string of the molecule is O=C(NCC#CC(=O)N1CCC(F)(F)C(C(=O)O)C1)OCC1c2ccccc2-c2ccccc21. The van der Waals surface area contributed by atoms with Crippen LogP contribution in [0.4, 0.5) is 13.6 Å². The minimum Gasteiger partial charge on any atom is -0.481 e. The van der Waals surface area contributed by atoms with Crippen molar-refractivity contribution in [3.8, 4) is 23.0 Å². The average Bonchev–Trinajstić information content (AvgIpc) is 3.13. The molecule has 176 valence electrons. The first-order valence-electron chi connectivity index (χ1n) is 10.7. The van der Waals surface area contributed by atoms with E-state index in [9.17, 15) is 23.2 Å². The highest BCUT2D eigenvalue weighted by atomic mass is 19.3. The highest BCUT2D eigenvalue weighted by molar-refractivity contribution is 5.94.